The predicted octanol–water partition coefficient (Wildman–Crippen LogP) is 2.84. The van der Waals surface area contributed by atoms with Crippen molar-refractivity contribution in [3.05, 3.63) is 53.6 Å². The number of hydrogen-bond acceptors (Lipinski definition) is 7. The van der Waals surface area contributed by atoms with Gasteiger partial charge in [-0.15, -0.1) is 0 Å². The summed E-state index contributed by atoms with van der Waals surface area (Å²) in [5.74, 6) is -0.711. The number of nitrogens with zero attached hydrogens (tertiary/aromatic N) is 2. The van der Waals surface area contributed by atoms with Gasteiger partial charge in [0.2, 0.25) is 10.0 Å². The molecule has 0 aromatic heterocycles. The Morgan fingerprint density at radius 2 is 1.65 bits per heavy atom. The molecule has 0 bridgehead atoms. The van der Waals surface area contributed by atoms with Crippen LogP contribution >= 0.6 is 0 Å². The normalized spacial score (nSPS) is 15.0. The first-order valence-corrected chi connectivity index (χ1v) is 12.7. The van der Waals surface area contributed by atoms with Gasteiger partial charge in [0.25, 0.3) is 5.91 Å². The number of carbonyl (C=O) groups is 2. The van der Waals surface area contributed by atoms with E-state index in [0.29, 0.717) is 44.0 Å². The topological polar surface area (TPSA) is 105 Å². The van der Waals surface area contributed by atoms with E-state index in [2.05, 4.69) is 10.2 Å². The highest BCUT2D eigenvalue weighted by molar-refractivity contribution is 7.89. The van der Waals surface area contributed by atoms with E-state index in [9.17, 15) is 18.0 Å². The number of methoxy groups -OCH3 is 1. The third-order valence-corrected chi connectivity index (χ3v) is 7.54. The molecule has 0 atom stereocenters. The van der Waals surface area contributed by atoms with Gasteiger partial charge in [0.15, 0.2) is 0 Å². The zero-order chi connectivity index (χ0) is 24.7. The van der Waals surface area contributed by atoms with Crippen molar-refractivity contribution in [3.8, 4) is 5.75 Å². The summed E-state index contributed by atoms with van der Waals surface area (Å²) >= 11 is 0. The van der Waals surface area contributed by atoms with Crippen molar-refractivity contribution in [3.63, 3.8) is 0 Å². The molecule has 34 heavy (non-hydrogen) atoms. The second kappa shape index (κ2) is 11.5. The van der Waals surface area contributed by atoms with Crippen molar-refractivity contribution in [1.82, 2.24) is 9.21 Å². The van der Waals surface area contributed by atoms with Crippen LogP contribution < -0.4 is 10.1 Å². The second-order valence-corrected chi connectivity index (χ2v) is 10.0. The smallest absolute Gasteiger partial charge is 0.338 e. The maximum atomic E-state index is 13.3. The molecule has 1 heterocycles. The third-order valence-electron chi connectivity index (χ3n) is 5.62. The lowest BCUT2D eigenvalue weighted by Gasteiger charge is -2.31. The van der Waals surface area contributed by atoms with E-state index in [1.54, 1.807) is 24.3 Å². The Labute approximate surface area is 200 Å². The Hall–Kier alpha value is -2.95. The monoisotopic (exact) mass is 489 g/mol. The average Bonchev–Trinajstić information content (AvgIpc) is 2.84. The van der Waals surface area contributed by atoms with Gasteiger partial charge < -0.3 is 19.7 Å². The summed E-state index contributed by atoms with van der Waals surface area (Å²) in [6.45, 7) is 4.37. The number of esters is 1. The number of benzene rings is 2. The maximum absolute atomic E-state index is 13.3. The number of anilines is 1. The molecule has 2 aromatic rings. The van der Waals surface area contributed by atoms with Crippen LogP contribution in [0.2, 0.25) is 0 Å². The number of ether oxygens (including phenoxy) is 2. The van der Waals surface area contributed by atoms with E-state index in [0.717, 1.165) is 12.8 Å². The first kappa shape index (κ1) is 25.7. The van der Waals surface area contributed by atoms with Crippen molar-refractivity contribution in [1.29, 1.82) is 0 Å². The molecule has 1 aliphatic rings. The molecule has 1 saturated heterocycles. The molecule has 0 radical (unpaired) electrons. The number of likely N-dealkylation sites (N-methyl/N-ethyl adjacent to an activating group) is 1. The Bertz CT molecular complexity index is 1110. The van der Waals surface area contributed by atoms with Gasteiger partial charge in [0.05, 0.1) is 19.3 Å². The lowest BCUT2D eigenvalue weighted by atomic mass is 10.1. The highest BCUT2D eigenvalue weighted by Gasteiger charge is 2.30. The standard InChI is InChI=1S/C24H31N3O6S/c1-4-5-16-33-24(29)18-6-9-20(10-7-18)25-23(28)19-8-11-21(32-3)22(17-19)34(30,31)27-14-12-26(2)13-15-27/h6-11,17H,4-5,12-16H2,1-3H3,(H,25,28). The minimum absolute atomic E-state index is 0.0441. The summed E-state index contributed by atoms with van der Waals surface area (Å²) < 4.78 is 38.4. The molecule has 0 spiro atoms. The van der Waals surface area contributed by atoms with Gasteiger partial charge in [-0.05, 0) is 55.9 Å². The number of unbranched alkanes of at least 4 members (excludes halogenated alkanes) is 1. The van der Waals surface area contributed by atoms with Gasteiger partial charge >= 0.3 is 5.97 Å². The Kier molecular flexibility index (Phi) is 8.65. The number of nitrogens with one attached hydrogen (secondary N) is 1. The Morgan fingerprint density at radius 3 is 2.26 bits per heavy atom. The van der Waals surface area contributed by atoms with Crippen LogP contribution in [0.5, 0.6) is 5.75 Å². The summed E-state index contributed by atoms with van der Waals surface area (Å²) in [6, 6.07) is 10.7. The molecule has 3 rings (SSSR count). The molecular weight excluding hydrogens is 458 g/mol. The minimum atomic E-state index is -3.83. The number of sulfonamides is 1. The fraction of sp³-hybridized carbons (Fsp3) is 0.417. The molecule has 9 nitrogen and oxygen atoms in total. The molecule has 1 N–H and O–H groups in total. The first-order chi connectivity index (χ1) is 16.3. The summed E-state index contributed by atoms with van der Waals surface area (Å²) in [5.41, 5.74) is 1.03. The molecule has 184 valence electrons. The Balaban J connectivity index is 1.75. The number of piperazine rings is 1. The minimum Gasteiger partial charge on any atom is -0.495 e. The van der Waals surface area contributed by atoms with E-state index < -0.39 is 21.9 Å². The molecule has 0 unspecified atom stereocenters. The van der Waals surface area contributed by atoms with Crippen LogP contribution in [0.4, 0.5) is 5.69 Å². The quantitative estimate of drug-likeness (QED) is 0.427. The van der Waals surface area contributed by atoms with Gasteiger partial charge in [0, 0.05) is 37.4 Å². The highest BCUT2D eigenvalue weighted by Crippen LogP contribution is 2.29. The molecule has 0 saturated carbocycles. The molecule has 1 amide bonds. The molecule has 0 aliphatic carbocycles. The largest absolute Gasteiger partial charge is 0.495 e. The number of amides is 1. The van der Waals surface area contributed by atoms with Crippen LogP contribution in [0.1, 0.15) is 40.5 Å². The first-order valence-electron chi connectivity index (χ1n) is 11.2. The van der Waals surface area contributed by atoms with Gasteiger partial charge in [-0.2, -0.15) is 4.31 Å². The second-order valence-electron chi connectivity index (χ2n) is 8.09. The van der Waals surface area contributed by atoms with Crippen LogP contribution in [-0.2, 0) is 14.8 Å². The highest BCUT2D eigenvalue weighted by atomic mass is 32.2. The zero-order valence-electron chi connectivity index (χ0n) is 19.7. The van der Waals surface area contributed by atoms with E-state index >= 15 is 0 Å². The number of rotatable bonds is 9. The van der Waals surface area contributed by atoms with Crippen molar-refractivity contribution in [2.45, 2.75) is 24.7 Å². The molecule has 1 aliphatic heterocycles. The molecular formula is C24H31N3O6S. The van der Waals surface area contributed by atoms with Crippen LogP contribution in [0.25, 0.3) is 0 Å². The van der Waals surface area contributed by atoms with E-state index in [-0.39, 0.29) is 16.2 Å². The maximum Gasteiger partial charge on any atom is 0.338 e. The number of carbonyl (C=O) groups excluding carboxylic acids is 2. The third kappa shape index (κ3) is 6.13. The molecule has 2 aromatic carbocycles. The molecule has 10 heteroatoms. The van der Waals surface area contributed by atoms with Crippen molar-refractivity contribution in [2.24, 2.45) is 0 Å². The Morgan fingerprint density at radius 1 is 1.00 bits per heavy atom. The summed E-state index contributed by atoms with van der Waals surface area (Å²) in [4.78, 5) is 26.9. The summed E-state index contributed by atoms with van der Waals surface area (Å²) in [7, 11) is -0.494. The van der Waals surface area contributed by atoms with Crippen LogP contribution in [0.15, 0.2) is 47.4 Å². The van der Waals surface area contributed by atoms with Gasteiger partial charge in [-0.1, -0.05) is 13.3 Å². The zero-order valence-corrected chi connectivity index (χ0v) is 20.6. The fourth-order valence-corrected chi connectivity index (χ4v) is 5.08. The van der Waals surface area contributed by atoms with Crippen molar-refractivity contribution >= 4 is 27.6 Å². The average molecular weight is 490 g/mol. The predicted molar refractivity (Wildman–Crippen MR) is 129 cm³/mol. The van der Waals surface area contributed by atoms with Gasteiger partial charge in [-0.3, -0.25) is 4.79 Å². The van der Waals surface area contributed by atoms with Gasteiger partial charge in [0.1, 0.15) is 10.6 Å². The van der Waals surface area contributed by atoms with Crippen LogP contribution in [0, 0.1) is 0 Å². The SMILES string of the molecule is CCCCOC(=O)c1ccc(NC(=O)c2ccc(OC)c(S(=O)(=O)N3CCN(C)CC3)c2)cc1. The summed E-state index contributed by atoms with van der Waals surface area (Å²) in [5, 5.41) is 2.73. The van der Waals surface area contributed by atoms with E-state index in [1.807, 2.05) is 14.0 Å². The molecule has 1 fully saturated rings. The van der Waals surface area contributed by atoms with E-state index in [4.69, 9.17) is 9.47 Å². The lowest BCUT2D eigenvalue weighted by molar-refractivity contribution is 0.0499. The van der Waals surface area contributed by atoms with Crippen LogP contribution in [0.3, 0.4) is 0 Å². The number of hydrogen-bond donors (Lipinski definition) is 1. The fourth-order valence-electron chi connectivity index (χ4n) is 3.47. The lowest BCUT2D eigenvalue weighted by Crippen LogP contribution is -2.47. The van der Waals surface area contributed by atoms with Crippen molar-refractivity contribution in [2.75, 3.05) is 52.3 Å². The van der Waals surface area contributed by atoms with Crippen LogP contribution in [-0.4, -0.2) is 76.4 Å². The van der Waals surface area contributed by atoms with Crippen molar-refractivity contribution < 1.29 is 27.5 Å². The van der Waals surface area contributed by atoms with E-state index in [1.165, 1.54) is 29.6 Å². The summed E-state index contributed by atoms with van der Waals surface area (Å²) in [6.07, 6.45) is 1.73. The van der Waals surface area contributed by atoms with Gasteiger partial charge in [-0.25, -0.2) is 13.2 Å².